The number of anilines is 3. The number of pyridine rings is 1. The van der Waals surface area contributed by atoms with E-state index in [0.717, 1.165) is 17.1 Å². The smallest absolute Gasteiger partial charge is 0.255 e. The van der Waals surface area contributed by atoms with Gasteiger partial charge in [0.25, 0.3) is 5.91 Å². The molecule has 2 aromatic rings. The van der Waals surface area contributed by atoms with E-state index in [9.17, 15) is 9.18 Å². The van der Waals surface area contributed by atoms with Crippen molar-refractivity contribution in [1.82, 2.24) is 15.9 Å². The summed E-state index contributed by atoms with van der Waals surface area (Å²) in [7, 11) is 0. The summed E-state index contributed by atoms with van der Waals surface area (Å²) in [6.45, 7) is 6.31. The molecule has 0 spiro atoms. The van der Waals surface area contributed by atoms with Crippen LogP contribution in [0.4, 0.5) is 21.5 Å². The Hall–Kier alpha value is -3.17. The largest absolute Gasteiger partial charge is 0.378 e. The lowest BCUT2D eigenvalue weighted by molar-refractivity contribution is 0.102. The molecule has 2 aliphatic rings. The van der Waals surface area contributed by atoms with E-state index in [2.05, 4.69) is 21.3 Å². The molecule has 1 fully saturated rings. The van der Waals surface area contributed by atoms with Crippen LogP contribution in [0.1, 0.15) is 23.0 Å². The summed E-state index contributed by atoms with van der Waals surface area (Å²) in [5.74, 6) is -0.843. The molecule has 4 rings (SSSR count). The van der Waals surface area contributed by atoms with Gasteiger partial charge in [-0.1, -0.05) is 0 Å². The molecular weight excluding hydrogens is 375 g/mol. The number of aryl methyl sites for hydroxylation is 1. The first-order chi connectivity index (χ1) is 14.0. The number of aromatic nitrogens is 1. The normalized spacial score (nSPS) is 16.4. The fourth-order valence-electron chi connectivity index (χ4n) is 3.28. The highest BCUT2D eigenvalue weighted by atomic mass is 19.1. The van der Waals surface area contributed by atoms with Gasteiger partial charge in [-0.3, -0.25) is 14.8 Å². The average Bonchev–Trinajstić information content (AvgIpc) is 3.15. The monoisotopic (exact) mass is 398 g/mol. The molecule has 0 atom stereocenters. The third-order valence-electron chi connectivity index (χ3n) is 4.79. The molecule has 3 heterocycles. The summed E-state index contributed by atoms with van der Waals surface area (Å²) in [6, 6.07) is 6.19. The van der Waals surface area contributed by atoms with Crippen molar-refractivity contribution in [2.75, 3.05) is 41.5 Å². The number of hydrazine groups is 2. The number of halogens is 1. The van der Waals surface area contributed by atoms with Gasteiger partial charge in [-0.2, -0.15) is 0 Å². The summed E-state index contributed by atoms with van der Waals surface area (Å²) in [6.07, 6.45) is 3.47. The highest BCUT2D eigenvalue weighted by molar-refractivity contribution is 6.05. The van der Waals surface area contributed by atoms with Crippen LogP contribution in [0, 0.1) is 12.7 Å². The molecule has 1 amide bonds. The third kappa shape index (κ3) is 4.30. The number of benzene rings is 1. The molecule has 29 heavy (non-hydrogen) atoms. The zero-order valence-corrected chi connectivity index (χ0v) is 16.3. The van der Waals surface area contributed by atoms with Crippen molar-refractivity contribution in [3.8, 4) is 0 Å². The minimum Gasteiger partial charge on any atom is -0.378 e. The van der Waals surface area contributed by atoms with Crippen molar-refractivity contribution in [3.05, 3.63) is 59.4 Å². The lowest BCUT2D eigenvalue weighted by Crippen LogP contribution is -2.36. The summed E-state index contributed by atoms with van der Waals surface area (Å²) >= 11 is 0. The van der Waals surface area contributed by atoms with E-state index in [1.165, 1.54) is 12.1 Å². The van der Waals surface area contributed by atoms with Crippen LogP contribution in [0.15, 0.2) is 42.4 Å². The van der Waals surface area contributed by atoms with E-state index in [1.807, 2.05) is 31.0 Å². The van der Waals surface area contributed by atoms with E-state index in [-0.39, 0.29) is 5.56 Å². The number of hydrogen-bond acceptors (Lipinski definition) is 7. The molecule has 1 saturated heterocycles. The molecule has 2 aliphatic heterocycles. The number of allylic oxidation sites excluding steroid dienone is 1. The van der Waals surface area contributed by atoms with Gasteiger partial charge in [0, 0.05) is 36.2 Å². The van der Waals surface area contributed by atoms with Gasteiger partial charge in [0.05, 0.1) is 36.5 Å². The van der Waals surface area contributed by atoms with Crippen molar-refractivity contribution in [2.45, 2.75) is 13.8 Å². The third-order valence-corrected chi connectivity index (χ3v) is 4.79. The van der Waals surface area contributed by atoms with E-state index in [1.54, 1.807) is 17.3 Å². The van der Waals surface area contributed by atoms with Gasteiger partial charge in [-0.25, -0.2) is 4.39 Å². The van der Waals surface area contributed by atoms with Gasteiger partial charge in [-0.05, 0) is 38.1 Å². The van der Waals surface area contributed by atoms with Crippen LogP contribution in [-0.2, 0) is 4.74 Å². The molecule has 1 aromatic carbocycles. The van der Waals surface area contributed by atoms with Crippen molar-refractivity contribution in [2.24, 2.45) is 0 Å². The number of morpholine rings is 1. The number of nitrogens with zero attached hydrogens (tertiary/aromatic N) is 3. The second-order valence-electron chi connectivity index (χ2n) is 7.00. The summed E-state index contributed by atoms with van der Waals surface area (Å²) in [5.41, 5.74) is 9.98. The van der Waals surface area contributed by atoms with Crippen LogP contribution in [-0.4, -0.2) is 37.2 Å². The predicted molar refractivity (Wildman–Crippen MR) is 109 cm³/mol. The predicted octanol–water partition coefficient (Wildman–Crippen LogP) is 2.31. The Kier molecular flexibility index (Phi) is 5.32. The molecule has 3 N–H and O–H groups in total. The molecular formula is C20H23FN6O2. The Morgan fingerprint density at radius 2 is 2.00 bits per heavy atom. The van der Waals surface area contributed by atoms with Crippen LogP contribution in [0.5, 0.6) is 0 Å². The maximum atomic E-state index is 14.2. The molecule has 8 nitrogen and oxygen atoms in total. The van der Waals surface area contributed by atoms with Gasteiger partial charge < -0.3 is 20.4 Å². The number of carbonyl (C=O) groups excluding carboxylic acids is 1. The van der Waals surface area contributed by atoms with Crippen molar-refractivity contribution >= 4 is 23.0 Å². The van der Waals surface area contributed by atoms with Gasteiger partial charge in [0.15, 0.2) is 0 Å². The lowest BCUT2D eigenvalue weighted by atomic mass is 10.1. The van der Waals surface area contributed by atoms with E-state index in [4.69, 9.17) is 4.74 Å². The van der Waals surface area contributed by atoms with Gasteiger partial charge in [0.2, 0.25) is 0 Å². The summed E-state index contributed by atoms with van der Waals surface area (Å²) < 4.78 is 19.5. The fraction of sp³-hybridized carbons (Fsp3) is 0.300. The SMILES string of the molecule is CC1=CN(c2cc(NC(=O)c3cc(F)cc(N4CCOCC4)c3)cnc2C)NN1. The Labute approximate surface area is 168 Å². The molecule has 152 valence electrons. The quantitative estimate of drug-likeness (QED) is 0.729. The maximum Gasteiger partial charge on any atom is 0.255 e. The fourth-order valence-corrected chi connectivity index (χ4v) is 3.28. The first-order valence-electron chi connectivity index (χ1n) is 9.40. The molecule has 0 radical (unpaired) electrons. The molecule has 0 saturated carbocycles. The minimum atomic E-state index is -0.449. The lowest BCUT2D eigenvalue weighted by Gasteiger charge is -2.29. The van der Waals surface area contributed by atoms with Gasteiger partial charge in [-0.15, -0.1) is 5.53 Å². The Balaban J connectivity index is 1.54. The topological polar surface area (TPSA) is 81.8 Å². The number of carbonyl (C=O) groups is 1. The number of rotatable bonds is 4. The standard InChI is InChI=1S/C20H23FN6O2/c1-13-12-27(25-24-13)19-10-17(11-22-14(19)2)23-20(28)15-7-16(21)9-18(8-15)26-3-5-29-6-4-26/h7-12,24-25H,3-6H2,1-2H3,(H,23,28). The molecule has 9 heteroatoms. The van der Waals surface area contributed by atoms with Crippen LogP contribution in [0.2, 0.25) is 0 Å². The van der Waals surface area contributed by atoms with Crippen molar-refractivity contribution in [3.63, 3.8) is 0 Å². The zero-order chi connectivity index (χ0) is 20.4. The zero-order valence-electron chi connectivity index (χ0n) is 16.3. The van der Waals surface area contributed by atoms with Crippen molar-refractivity contribution in [1.29, 1.82) is 0 Å². The van der Waals surface area contributed by atoms with E-state index < -0.39 is 11.7 Å². The molecule has 0 unspecified atom stereocenters. The maximum absolute atomic E-state index is 14.2. The highest BCUT2D eigenvalue weighted by Gasteiger charge is 2.17. The molecule has 1 aromatic heterocycles. The van der Waals surface area contributed by atoms with Crippen LogP contribution >= 0.6 is 0 Å². The average molecular weight is 398 g/mol. The highest BCUT2D eigenvalue weighted by Crippen LogP contribution is 2.24. The van der Waals surface area contributed by atoms with Crippen molar-refractivity contribution < 1.29 is 13.9 Å². The Morgan fingerprint density at radius 3 is 2.72 bits per heavy atom. The number of ether oxygens (including phenoxy) is 1. The first kappa shape index (κ1) is 19.2. The van der Waals surface area contributed by atoms with Crippen LogP contribution in [0.3, 0.4) is 0 Å². The number of nitrogens with one attached hydrogen (secondary N) is 3. The minimum absolute atomic E-state index is 0.255. The Bertz CT molecular complexity index is 958. The number of hydrogen-bond donors (Lipinski definition) is 3. The Morgan fingerprint density at radius 1 is 1.21 bits per heavy atom. The molecule has 0 bridgehead atoms. The first-order valence-corrected chi connectivity index (χ1v) is 9.40. The summed E-state index contributed by atoms with van der Waals surface area (Å²) in [5, 5.41) is 4.59. The number of amides is 1. The van der Waals surface area contributed by atoms with Crippen LogP contribution < -0.4 is 26.2 Å². The second kappa shape index (κ2) is 8.06. The molecule has 0 aliphatic carbocycles. The van der Waals surface area contributed by atoms with Gasteiger partial charge >= 0.3 is 0 Å². The van der Waals surface area contributed by atoms with E-state index in [0.29, 0.717) is 37.7 Å². The van der Waals surface area contributed by atoms with Gasteiger partial charge in [0.1, 0.15) is 5.82 Å². The summed E-state index contributed by atoms with van der Waals surface area (Å²) in [4.78, 5) is 19.1. The van der Waals surface area contributed by atoms with E-state index >= 15 is 0 Å². The van der Waals surface area contributed by atoms with Crippen LogP contribution in [0.25, 0.3) is 0 Å². The second-order valence-corrected chi connectivity index (χ2v) is 7.00.